The Morgan fingerprint density at radius 3 is 2.72 bits per heavy atom. The predicted octanol–water partition coefficient (Wildman–Crippen LogP) is -1.50. The summed E-state index contributed by atoms with van der Waals surface area (Å²) >= 11 is 0. The number of aromatic nitrogens is 3. The van der Waals surface area contributed by atoms with Gasteiger partial charge in [0.15, 0.2) is 12.7 Å². The number of carbonyl (C=O) groups excluding carboxylic acids is 1. The Bertz CT molecular complexity index is 673. The Morgan fingerprint density at radius 1 is 1.28 bits per heavy atom. The van der Waals surface area contributed by atoms with Gasteiger partial charge in [-0.2, -0.15) is 4.57 Å². The highest BCUT2D eigenvalue weighted by Gasteiger charge is 2.15. The lowest BCUT2D eigenvalue weighted by Crippen LogP contribution is -2.43. The van der Waals surface area contributed by atoms with E-state index in [0.29, 0.717) is 11.4 Å². The molecule has 0 saturated carbocycles. The van der Waals surface area contributed by atoms with Crippen molar-refractivity contribution in [3.05, 3.63) is 62.7 Å². The molecule has 0 aromatic carbocycles. The van der Waals surface area contributed by atoms with Crippen molar-refractivity contribution in [1.29, 1.82) is 0 Å². The lowest BCUT2D eigenvalue weighted by Gasteiger charge is -2.00. The molecule has 0 aliphatic heterocycles. The first-order valence-corrected chi connectivity index (χ1v) is 5.17. The summed E-state index contributed by atoms with van der Waals surface area (Å²) in [6, 6.07) is 6.22. The first-order chi connectivity index (χ1) is 8.56. The van der Waals surface area contributed by atoms with Crippen LogP contribution in [0.2, 0.25) is 0 Å². The van der Waals surface area contributed by atoms with E-state index in [-0.39, 0.29) is 6.54 Å². The van der Waals surface area contributed by atoms with Gasteiger partial charge >= 0.3 is 11.6 Å². The molecule has 0 unspecified atom stereocenters. The number of hydrogen-bond acceptors (Lipinski definition) is 3. The smallest absolute Gasteiger partial charge is 0.326 e. The van der Waals surface area contributed by atoms with E-state index in [1.807, 2.05) is 0 Å². The summed E-state index contributed by atoms with van der Waals surface area (Å²) in [6.07, 6.45) is 1.64. The molecule has 1 amide bonds. The Labute approximate surface area is 101 Å². The van der Waals surface area contributed by atoms with Gasteiger partial charge in [0, 0.05) is 18.2 Å². The molecule has 2 rings (SSSR count). The summed E-state index contributed by atoms with van der Waals surface area (Å²) < 4.78 is 1.55. The van der Waals surface area contributed by atoms with Crippen LogP contribution in [0, 0.1) is 0 Å². The van der Waals surface area contributed by atoms with Crippen molar-refractivity contribution in [2.45, 2.75) is 6.54 Å². The molecule has 0 radical (unpaired) electrons. The molecule has 18 heavy (non-hydrogen) atoms. The second-order valence-electron chi connectivity index (χ2n) is 3.69. The predicted molar refractivity (Wildman–Crippen MR) is 61.9 cm³/mol. The van der Waals surface area contributed by atoms with Gasteiger partial charge in [0.1, 0.15) is 0 Å². The third-order valence-corrected chi connectivity index (χ3v) is 2.35. The van der Waals surface area contributed by atoms with Gasteiger partial charge in [0.25, 0.3) is 11.3 Å². The quantitative estimate of drug-likeness (QED) is 0.573. The van der Waals surface area contributed by atoms with Gasteiger partial charge in [-0.05, 0) is 6.07 Å². The van der Waals surface area contributed by atoms with Gasteiger partial charge in [-0.1, -0.05) is 0 Å². The fraction of sp³-hybridized carbons (Fsp3) is 0.0909. The standard InChI is InChI=1S/C11H10N4O3/c12-10(17)8-3-1-2-4-15(8)6-7-5-9(16)14-11(18)13-7/h1-5H,6H2,(H3-,12,13,14,16,17,18)/p+1. The Morgan fingerprint density at radius 2 is 2.06 bits per heavy atom. The molecule has 0 spiro atoms. The molecule has 0 aliphatic carbocycles. The van der Waals surface area contributed by atoms with Crippen LogP contribution in [0.3, 0.4) is 0 Å². The van der Waals surface area contributed by atoms with Crippen LogP contribution < -0.4 is 21.5 Å². The number of aromatic amines is 2. The molecule has 2 aromatic heterocycles. The summed E-state index contributed by atoms with van der Waals surface area (Å²) in [5, 5.41) is 0. The summed E-state index contributed by atoms with van der Waals surface area (Å²) in [5.41, 5.74) is 4.83. The van der Waals surface area contributed by atoms with Crippen molar-refractivity contribution in [2.75, 3.05) is 0 Å². The fourth-order valence-electron chi connectivity index (χ4n) is 1.63. The SMILES string of the molecule is NC(=O)c1cccc[n+]1Cc1cc(=O)[nH]c(=O)[nH]1. The number of carbonyl (C=O) groups is 1. The fourth-order valence-corrected chi connectivity index (χ4v) is 1.63. The highest BCUT2D eigenvalue weighted by Crippen LogP contribution is 1.92. The van der Waals surface area contributed by atoms with Crippen LogP contribution >= 0.6 is 0 Å². The van der Waals surface area contributed by atoms with Crippen LogP contribution in [0.4, 0.5) is 0 Å². The molecular weight excluding hydrogens is 236 g/mol. The van der Waals surface area contributed by atoms with E-state index in [0.717, 1.165) is 0 Å². The van der Waals surface area contributed by atoms with E-state index in [4.69, 9.17) is 5.73 Å². The van der Waals surface area contributed by atoms with Crippen LogP contribution in [0.25, 0.3) is 0 Å². The number of nitrogens with two attached hydrogens (primary N) is 1. The highest BCUT2D eigenvalue weighted by molar-refractivity contribution is 5.89. The molecule has 2 heterocycles. The van der Waals surface area contributed by atoms with Gasteiger partial charge in [-0.3, -0.25) is 14.6 Å². The number of H-pyrrole nitrogens is 2. The number of pyridine rings is 1. The summed E-state index contributed by atoms with van der Waals surface area (Å²) in [7, 11) is 0. The zero-order chi connectivity index (χ0) is 13.1. The number of nitrogens with one attached hydrogen (secondary N) is 2. The minimum atomic E-state index is -0.588. The van der Waals surface area contributed by atoms with E-state index in [2.05, 4.69) is 9.97 Å². The topological polar surface area (TPSA) is 113 Å². The third-order valence-electron chi connectivity index (χ3n) is 2.35. The van der Waals surface area contributed by atoms with E-state index >= 15 is 0 Å². The second kappa shape index (κ2) is 4.66. The first-order valence-electron chi connectivity index (χ1n) is 5.17. The van der Waals surface area contributed by atoms with Crippen molar-refractivity contribution in [1.82, 2.24) is 9.97 Å². The van der Waals surface area contributed by atoms with Crippen LogP contribution in [0.15, 0.2) is 40.1 Å². The minimum absolute atomic E-state index is 0.179. The minimum Gasteiger partial charge on any atom is -0.360 e. The van der Waals surface area contributed by atoms with Crippen LogP contribution in [-0.2, 0) is 6.54 Å². The second-order valence-corrected chi connectivity index (χ2v) is 3.69. The average molecular weight is 247 g/mol. The molecule has 92 valence electrons. The third kappa shape index (κ3) is 2.51. The maximum Gasteiger partial charge on any atom is 0.326 e. The number of hydrogen-bond donors (Lipinski definition) is 3. The highest BCUT2D eigenvalue weighted by atomic mass is 16.2. The molecular formula is C11H11N4O3+. The zero-order valence-electron chi connectivity index (χ0n) is 9.34. The molecule has 7 heteroatoms. The summed E-state index contributed by atoms with van der Waals surface area (Å²) in [4.78, 5) is 38.0. The lowest BCUT2D eigenvalue weighted by molar-refractivity contribution is -0.690. The van der Waals surface area contributed by atoms with Gasteiger partial charge in [-0.25, -0.2) is 4.79 Å². The molecule has 0 bridgehead atoms. The summed E-state index contributed by atoms with van der Waals surface area (Å²) in [5.74, 6) is -0.581. The molecule has 0 atom stereocenters. The molecule has 0 fully saturated rings. The van der Waals surface area contributed by atoms with Crippen molar-refractivity contribution in [3.8, 4) is 0 Å². The zero-order valence-corrected chi connectivity index (χ0v) is 9.34. The van der Waals surface area contributed by atoms with Crippen LogP contribution in [0.5, 0.6) is 0 Å². The maximum absolute atomic E-state index is 11.2. The van der Waals surface area contributed by atoms with Crippen LogP contribution in [-0.4, -0.2) is 15.9 Å². The number of nitrogens with zero attached hydrogens (tertiary/aromatic N) is 1. The molecule has 4 N–H and O–H groups in total. The summed E-state index contributed by atoms with van der Waals surface area (Å²) in [6.45, 7) is 0.179. The first kappa shape index (κ1) is 11.8. The average Bonchev–Trinajstić information content (AvgIpc) is 2.27. The van der Waals surface area contributed by atoms with Crippen molar-refractivity contribution in [2.24, 2.45) is 5.73 Å². The van der Waals surface area contributed by atoms with Crippen LogP contribution in [0.1, 0.15) is 16.2 Å². The van der Waals surface area contributed by atoms with E-state index < -0.39 is 17.2 Å². The normalized spacial score (nSPS) is 10.2. The van der Waals surface area contributed by atoms with Crippen molar-refractivity contribution in [3.63, 3.8) is 0 Å². The van der Waals surface area contributed by atoms with Gasteiger partial charge in [-0.15, -0.1) is 0 Å². The Balaban J connectivity index is 2.43. The molecule has 7 nitrogen and oxygen atoms in total. The number of amides is 1. The molecule has 0 saturated heterocycles. The van der Waals surface area contributed by atoms with E-state index in [1.54, 1.807) is 29.0 Å². The number of primary amides is 1. The Hall–Kier alpha value is -2.70. The van der Waals surface area contributed by atoms with Gasteiger partial charge < -0.3 is 10.7 Å². The molecule has 2 aromatic rings. The van der Waals surface area contributed by atoms with Gasteiger partial charge in [0.05, 0.1) is 5.69 Å². The number of rotatable bonds is 3. The van der Waals surface area contributed by atoms with E-state index in [1.165, 1.54) is 6.07 Å². The molecule has 0 aliphatic rings. The van der Waals surface area contributed by atoms with Crippen molar-refractivity contribution < 1.29 is 9.36 Å². The largest absolute Gasteiger partial charge is 0.360 e. The van der Waals surface area contributed by atoms with E-state index in [9.17, 15) is 14.4 Å². The lowest BCUT2D eigenvalue weighted by atomic mass is 10.3. The van der Waals surface area contributed by atoms with Crippen molar-refractivity contribution >= 4 is 5.91 Å². The Kier molecular flexibility index (Phi) is 3.05. The maximum atomic E-state index is 11.2. The monoisotopic (exact) mass is 247 g/mol. The van der Waals surface area contributed by atoms with Gasteiger partial charge in [0.2, 0.25) is 0 Å².